The highest BCUT2D eigenvalue weighted by molar-refractivity contribution is 6.27. The zero-order valence-electron chi connectivity index (χ0n) is 17.5. The van der Waals surface area contributed by atoms with Crippen LogP contribution in [-0.4, -0.2) is 46.1 Å². The lowest BCUT2D eigenvalue weighted by Gasteiger charge is -2.18. The molecule has 1 heterocycles. The maximum absolute atomic E-state index is 12.9. The highest BCUT2D eigenvalue weighted by atomic mass is 35.5. The Labute approximate surface area is 191 Å². The Hall–Kier alpha value is -3.52. The molecule has 0 saturated carbocycles. The summed E-state index contributed by atoms with van der Waals surface area (Å²) >= 11 is 5.64. The molecule has 166 valence electrons. The number of hydrogen-bond acceptors (Lipinski definition) is 5. The van der Waals surface area contributed by atoms with Gasteiger partial charge in [0.15, 0.2) is 0 Å². The second-order valence-corrected chi connectivity index (χ2v) is 7.41. The van der Waals surface area contributed by atoms with Crippen molar-refractivity contribution in [2.24, 2.45) is 10.7 Å². The predicted molar refractivity (Wildman–Crippen MR) is 126 cm³/mol. The van der Waals surface area contributed by atoms with Gasteiger partial charge in [-0.1, -0.05) is 30.3 Å². The zero-order valence-corrected chi connectivity index (χ0v) is 18.3. The van der Waals surface area contributed by atoms with Gasteiger partial charge in [-0.15, -0.1) is 11.6 Å². The van der Waals surface area contributed by atoms with Gasteiger partial charge in [0.1, 0.15) is 11.9 Å². The van der Waals surface area contributed by atoms with Crippen LogP contribution in [0.3, 0.4) is 0 Å². The van der Waals surface area contributed by atoms with Crippen LogP contribution >= 0.6 is 11.6 Å². The van der Waals surface area contributed by atoms with Gasteiger partial charge >= 0.3 is 0 Å². The molecule has 3 rings (SSSR count). The van der Waals surface area contributed by atoms with E-state index in [4.69, 9.17) is 17.3 Å². The Bertz CT molecular complexity index is 1090. The molecule has 3 aromatic rings. The molecule has 0 aliphatic carbocycles. The number of fused-ring (bicyclic) bond motifs is 1. The number of carbonyl (C=O) groups excluding carboxylic acids is 2. The van der Waals surface area contributed by atoms with E-state index in [9.17, 15) is 9.59 Å². The number of nitrogens with two attached hydrogens (primary N) is 1. The second kappa shape index (κ2) is 11.8. The van der Waals surface area contributed by atoms with E-state index in [-0.39, 0.29) is 17.7 Å². The van der Waals surface area contributed by atoms with Gasteiger partial charge in [-0.25, -0.2) is 0 Å². The van der Waals surface area contributed by atoms with Crippen LogP contribution in [0.25, 0.3) is 11.0 Å². The lowest BCUT2D eigenvalue weighted by molar-refractivity contribution is -0.123. The van der Waals surface area contributed by atoms with Crippen molar-refractivity contribution in [3.8, 4) is 0 Å². The Morgan fingerprint density at radius 1 is 1.06 bits per heavy atom. The Morgan fingerprint density at radius 2 is 1.81 bits per heavy atom. The summed E-state index contributed by atoms with van der Waals surface area (Å²) in [5, 5.41) is 5.72. The lowest BCUT2D eigenvalue weighted by atomic mass is 10.1. The first-order chi connectivity index (χ1) is 15.6. The lowest BCUT2D eigenvalue weighted by Crippen LogP contribution is -2.46. The van der Waals surface area contributed by atoms with Crippen LogP contribution in [0.4, 0.5) is 0 Å². The predicted octanol–water partition coefficient (Wildman–Crippen LogP) is 2.42. The van der Waals surface area contributed by atoms with E-state index in [1.165, 1.54) is 0 Å². The van der Waals surface area contributed by atoms with Crippen LogP contribution in [0.5, 0.6) is 0 Å². The van der Waals surface area contributed by atoms with Gasteiger partial charge in [-0.3, -0.25) is 24.5 Å². The number of benzene rings is 2. The minimum atomic E-state index is -0.726. The number of halogens is 1. The summed E-state index contributed by atoms with van der Waals surface area (Å²) in [5.74, 6) is -0.126. The van der Waals surface area contributed by atoms with Gasteiger partial charge in [0, 0.05) is 31.0 Å². The number of amides is 2. The van der Waals surface area contributed by atoms with Crippen LogP contribution in [-0.2, 0) is 11.3 Å². The molecule has 32 heavy (non-hydrogen) atoms. The zero-order chi connectivity index (χ0) is 22.8. The third-order valence-electron chi connectivity index (χ3n) is 4.77. The number of hydrogen-bond donors (Lipinski definition) is 3. The topological polar surface area (TPSA) is 122 Å². The first-order valence-corrected chi connectivity index (χ1v) is 10.8. The number of aliphatic imine (C=N–C) groups is 1. The fourth-order valence-electron chi connectivity index (χ4n) is 3.08. The van der Waals surface area contributed by atoms with Gasteiger partial charge in [-0.2, -0.15) is 0 Å². The van der Waals surface area contributed by atoms with Crippen LogP contribution < -0.4 is 16.4 Å². The van der Waals surface area contributed by atoms with Crippen molar-refractivity contribution in [2.45, 2.75) is 25.4 Å². The third-order valence-corrected chi connectivity index (χ3v) is 5.04. The smallest absolute Gasteiger partial charge is 0.252 e. The first kappa shape index (κ1) is 23.1. The summed E-state index contributed by atoms with van der Waals surface area (Å²) in [4.78, 5) is 38.3. The molecule has 0 aliphatic heterocycles. The Kier molecular flexibility index (Phi) is 8.51. The summed E-state index contributed by atoms with van der Waals surface area (Å²) in [6.07, 6.45) is 4.12. The molecule has 2 aromatic carbocycles. The molecule has 4 N–H and O–H groups in total. The van der Waals surface area contributed by atoms with Crippen molar-refractivity contribution in [3.63, 3.8) is 0 Å². The van der Waals surface area contributed by atoms with E-state index in [1.807, 2.05) is 30.3 Å². The summed E-state index contributed by atoms with van der Waals surface area (Å²) in [5.41, 5.74) is 8.30. The molecule has 8 nitrogen and oxygen atoms in total. The van der Waals surface area contributed by atoms with Crippen molar-refractivity contribution in [1.82, 2.24) is 20.6 Å². The Balaban J connectivity index is 1.67. The number of nitrogens with zero attached hydrogens (tertiary/aromatic N) is 3. The van der Waals surface area contributed by atoms with E-state index in [0.717, 1.165) is 5.56 Å². The van der Waals surface area contributed by atoms with Crippen molar-refractivity contribution in [1.29, 1.82) is 0 Å². The second-order valence-electron chi connectivity index (χ2n) is 7.14. The molecule has 0 unspecified atom stereocenters. The molecular weight excluding hydrogens is 428 g/mol. The Morgan fingerprint density at radius 3 is 2.56 bits per heavy atom. The highest BCUT2D eigenvalue weighted by Gasteiger charge is 2.21. The summed E-state index contributed by atoms with van der Waals surface area (Å²) < 4.78 is 0. The third kappa shape index (κ3) is 6.75. The van der Waals surface area contributed by atoms with Crippen LogP contribution in [0, 0.1) is 0 Å². The monoisotopic (exact) mass is 452 g/mol. The average molecular weight is 453 g/mol. The minimum absolute atomic E-state index is 0.155. The molecule has 2 amide bonds. The maximum Gasteiger partial charge on any atom is 0.252 e. The average Bonchev–Trinajstić information content (AvgIpc) is 2.84. The van der Waals surface area contributed by atoms with Crippen molar-refractivity contribution < 1.29 is 9.59 Å². The van der Waals surface area contributed by atoms with Crippen LogP contribution in [0.1, 0.15) is 28.8 Å². The standard InChI is InChI=1S/C23H25ClN6O2/c24-14-21(25)28-10-4-7-19(23(32)29-15-16-5-2-1-3-6-16)30-22(31)17-8-9-18-20(13-17)27-12-11-26-18/h1-3,5-6,8-9,11-13,19H,4,7,10,14-15H2,(H2,25,28)(H,29,32)(H,30,31)/t19-/m0/s1. The van der Waals surface area contributed by atoms with Gasteiger partial charge in [0.2, 0.25) is 5.91 Å². The molecule has 0 aliphatic rings. The maximum atomic E-state index is 12.9. The number of alkyl halides is 1. The number of amidine groups is 1. The number of nitrogens with one attached hydrogen (secondary N) is 2. The molecule has 1 aromatic heterocycles. The molecule has 0 bridgehead atoms. The largest absolute Gasteiger partial charge is 0.386 e. The highest BCUT2D eigenvalue weighted by Crippen LogP contribution is 2.12. The molecule has 0 saturated heterocycles. The minimum Gasteiger partial charge on any atom is -0.386 e. The SMILES string of the molecule is NC(CCl)=NCCC[C@H](NC(=O)c1ccc2nccnc2c1)C(=O)NCc1ccccc1. The molecule has 0 radical (unpaired) electrons. The van der Waals surface area contributed by atoms with E-state index < -0.39 is 6.04 Å². The number of carbonyl (C=O) groups is 2. The van der Waals surface area contributed by atoms with E-state index in [0.29, 0.717) is 48.4 Å². The molecule has 0 spiro atoms. The van der Waals surface area contributed by atoms with Gasteiger partial charge in [0.25, 0.3) is 5.91 Å². The normalized spacial score (nSPS) is 12.3. The molecule has 1 atom stereocenters. The van der Waals surface area contributed by atoms with E-state index in [2.05, 4.69) is 25.6 Å². The van der Waals surface area contributed by atoms with Crippen LogP contribution in [0.2, 0.25) is 0 Å². The molecular formula is C23H25ClN6O2. The fraction of sp³-hybridized carbons (Fsp3) is 0.261. The number of aromatic nitrogens is 2. The summed E-state index contributed by atoms with van der Waals surface area (Å²) in [6, 6.07) is 13.9. The number of rotatable bonds is 10. The van der Waals surface area contributed by atoms with Gasteiger partial charge < -0.3 is 16.4 Å². The van der Waals surface area contributed by atoms with Crippen molar-refractivity contribution >= 4 is 40.3 Å². The van der Waals surface area contributed by atoms with Crippen molar-refractivity contribution in [3.05, 3.63) is 72.1 Å². The summed E-state index contributed by atoms with van der Waals surface area (Å²) in [7, 11) is 0. The van der Waals surface area contributed by atoms with E-state index >= 15 is 0 Å². The van der Waals surface area contributed by atoms with Gasteiger partial charge in [0.05, 0.1) is 16.9 Å². The van der Waals surface area contributed by atoms with Crippen molar-refractivity contribution in [2.75, 3.05) is 12.4 Å². The molecule has 9 heteroatoms. The van der Waals surface area contributed by atoms with Gasteiger partial charge in [-0.05, 0) is 36.6 Å². The van der Waals surface area contributed by atoms with E-state index in [1.54, 1.807) is 30.6 Å². The quantitative estimate of drug-likeness (QED) is 0.189. The first-order valence-electron chi connectivity index (χ1n) is 10.2. The van der Waals surface area contributed by atoms with Crippen LogP contribution in [0.15, 0.2) is 65.9 Å². The fourth-order valence-corrected chi connectivity index (χ4v) is 3.17. The summed E-state index contributed by atoms with van der Waals surface area (Å²) in [6.45, 7) is 0.789. The molecule has 0 fully saturated rings.